The SMILES string of the molecule is COC(=O)[C@H]1CC(=O)O[C@@H]1c1ccc(OC)c(OC)c1. The van der Waals surface area contributed by atoms with Gasteiger partial charge in [-0.3, -0.25) is 9.59 Å². The van der Waals surface area contributed by atoms with Crippen LogP contribution < -0.4 is 9.47 Å². The summed E-state index contributed by atoms with van der Waals surface area (Å²) in [5, 5.41) is 0. The molecule has 0 unspecified atom stereocenters. The summed E-state index contributed by atoms with van der Waals surface area (Å²) in [6.07, 6.45) is -0.638. The molecule has 0 aliphatic carbocycles. The molecule has 1 aromatic rings. The van der Waals surface area contributed by atoms with Gasteiger partial charge in [-0.1, -0.05) is 6.07 Å². The summed E-state index contributed by atoms with van der Waals surface area (Å²) < 4.78 is 20.3. The molecule has 1 saturated heterocycles. The Morgan fingerprint density at radius 2 is 1.90 bits per heavy atom. The van der Waals surface area contributed by atoms with Gasteiger partial charge >= 0.3 is 11.9 Å². The van der Waals surface area contributed by atoms with Crippen LogP contribution in [-0.4, -0.2) is 33.3 Å². The molecule has 108 valence electrons. The molecule has 6 nitrogen and oxygen atoms in total. The average Bonchev–Trinajstić information content (AvgIpc) is 2.87. The summed E-state index contributed by atoms with van der Waals surface area (Å²) in [6, 6.07) is 5.13. The molecular formula is C14H16O6. The molecule has 2 rings (SSSR count). The summed E-state index contributed by atoms with van der Waals surface area (Å²) in [5.74, 6) is -0.437. The van der Waals surface area contributed by atoms with E-state index in [1.54, 1.807) is 18.2 Å². The van der Waals surface area contributed by atoms with Gasteiger partial charge in [0.25, 0.3) is 0 Å². The van der Waals surface area contributed by atoms with Crippen LogP contribution in [-0.2, 0) is 19.1 Å². The van der Waals surface area contributed by atoms with Gasteiger partial charge in [-0.15, -0.1) is 0 Å². The van der Waals surface area contributed by atoms with Crippen LogP contribution in [0.15, 0.2) is 18.2 Å². The Hall–Kier alpha value is -2.24. The summed E-state index contributed by atoms with van der Waals surface area (Å²) in [5.41, 5.74) is 0.670. The quantitative estimate of drug-likeness (QED) is 0.778. The maximum atomic E-state index is 11.7. The summed E-state index contributed by atoms with van der Waals surface area (Å²) in [7, 11) is 4.33. The Balaban J connectivity index is 2.34. The van der Waals surface area contributed by atoms with E-state index in [-0.39, 0.29) is 6.42 Å². The molecule has 20 heavy (non-hydrogen) atoms. The number of hydrogen-bond acceptors (Lipinski definition) is 6. The van der Waals surface area contributed by atoms with Crippen molar-refractivity contribution in [1.82, 2.24) is 0 Å². The van der Waals surface area contributed by atoms with Gasteiger partial charge in [-0.05, 0) is 17.7 Å². The molecule has 0 aromatic heterocycles. The fourth-order valence-electron chi connectivity index (χ4n) is 2.25. The van der Waals surface area contributed by atoms with Crippen molar-refractivity contribution >= 4 is 11.9 Å². The van der Waals surface area contributed by atoms with Gasteiger partial charge < -0.3 is 18.9 Å². The number of hydrogen-bond donors (Lipinski definition) is 0. The van der Waals surface area contributed by atoms with Crippen molar-refractivity contribution in [2.75, 3.05) is 21.3 Å². The number of esters is 2. The largest absolute Gasteiger partial charge is 0.493 e. The molecule has 0 amide bonds. The third-order valence-corrected chi connectivity index (χ3v) is 3.25. The number of cyclic esters (lactones) is 1. The topological polar surface area (TPSA) is 71.1 Å². The summed E-state index contributed by atoms with van der Waals surface area (Å²) in [6.45, 7) is 0. The van der Waals surface area contributed by atoms with Gasteiger partial charge in [0.05, 0.1) is 27.8 Å². The molecular weight excluding hydrogens is 264 g/mol. The second-order valence-corrected chi connectivity index (χ2v) is 4.36. The van der Waals surface area contributed by atoms with E-state index < -0.39 is 24.0 Å². The minimum atomic E-state index is -0.658. The second kappa shape index (κ2) is 5.81. The standard InChI is InChI=1S/C14H16O6/c1-17-10-5-4-8(6-11(10)18-2)13-9(14(16)19-3)7-12(15)20-13/h4-6,9,13H,7H2,1-3H3/t9-,13+/m0/s1. The van der Waals surface area contributed by atoms with Crippen molar-refractivity contribution in [3.63, 3.8) is 0 Å². The Morgan fingerprint density at radius 1 is 1.20 bits per heavy atom. The zero-order valence-electron chi connectivity index (χ0n) is 11.5. The van der Waals surface area contributed by atoms with E-state index in [9.17, 15) is 9.59 Å². The minimum Gasteiger partial charge on any atom is -0.493 e. The highest BCUT2D eigenvalue weighted by Gasteiger charge is 2.41. The highest BCUT2D eigenvalue weighted by atomic mass is 16.6. The van der Waals surface area contributed by atoms with Crippen LogP contribution in [0.3, 0.4) is 0 Å². The number of carbonyl (C=O) groups excluding carboxylic acids is 2. The van der Waals surface area contributed by atoms with E-state index in [2.05, 4.69) is 0 Å². The summed E-state index contributed by atoms with van der Waals surface area (Å²) in [4.78, 5) is 23.2. The van der Waals surface area contributed by atoms with Crippen LogP contribution in [0.2, 0.25) is 0 Å². The predicted octanol–water partition coefficient (Wildman–Crippen LogP) is 1.48. The van der Waals surface area contributed by atoms with Crippen molar-refractivity contribution in [3.8, 4) is 11.5 Å². The molecule has 0 bridgehead atoms. The van der Waals surface area contributed by atoms with E-state index in [1.807, 2.05) is 0 Å². The molecule has 0 spiro atoms. The van der Waals surface area contributed by atoms with E-state index >= 15 is 0 Å². The lowest BCUT2D eigenvalue weighted by Gasteiger charge is -2.17. The first-order valence-corrected chi connectivity index (χ1v) is 6.10. The van der Waals surface area contributed by atoms with Crippen molar-refractivity contribution < 1.29 is 28.5 Å². The molecule has 2 atom stereocenters. The number of methoxy groups -OCH3 is 3. The number of ether oxygens (including phenoxy) is 4. The fourth-order valence-corrected chi connectivity index (χ4v) is 2.25. The molecule has 1 fully saturated rings. The molecule has 1 aliphatic heterocycles. The first-order valence-electron chi connectivity index (χ1n) is 6.10. The highest BCUT2D eigenvalue weighted by Crippen LogP contribution is 2.39. The molecule has 0 N–H and O–H groups in total. The lowest BCUT2D eigenvalue weighted by molar-refractivity contribution is -0.147. The Morgan fingerprint density at radius 3 is 2.50 bits per heavy atom. The molecule has 1 aliphatic rings. The Bertz CT molecular complexity index is 524. The smallest absolute Gasteiger partial charge is 0.313 e. The fraction of sp³-hybridized carbons (Fsp3) is 0.429. The van der Waals surface area contributed by atoms with Crippen LogP contribution in [0.25, 0.3) is 0 Å². The number of rotatable bonds is 4. The zero-order valence-corrected chi connectivity index (χ0v) is 11.5. The van der Waals surface area contributed by atoms with Crippen LogP contribution in [0.4, 0.5) is 0 Å². The first-order chi connectivity index (χ1) is 9.60. The van der Waals surface area contributed by atoms with Gasteiger partial charge in [0.1, 0.15) is 12.0 Å². The lowest BCUT2D eigenvalue weighted by Crippen LogP contribution is -2.19. The maximum absolute atomic E-state index is 11.7. The molecule has 0 radical (unpaired) electrons. The van der Waals surface area contributed by atoms with E-state index in [0.717, 1.165) is 0 Å². The second-order valence-electron chi connectivity index (χ2n) is 4.36. The summed E-state index contributed by atoms with van der Waals surface area (Å²) >= 11 is 0. The van der Waals surface area contributed by atoms with Crippen molar-refractivity contribution in [2.45, 2.75) is 12.5 Å². The predicted molar refractivity (Wildman–Crippen MR) is 68.5 cm³/mol. The third-order valence-electron chi connectivity index (χ3n) is 3.25. The molecule has 0 saturated carbocycles. The van der Waals surface area contributed by atoms with Crippen molar-refractivity contribution in [2.24, 2.45) is 5.92 Å². The van der Waals surface area contributed by atoms with Crippen LogP contribution in [0.1, 0.15) is 18.1 Å². The van der Waals surface area contributed by atoms with Gasteiger partial charge in [-0.25, -0.2) is 0 Å². The maximum Gasteiger partial charge on any atom is 0.313 e. The van der Waals surface area contributed by atoms with E-state index in [0.29, 0.717) is 17.1 Å². The third kappa shape index (κ3) is 2.54. The minimum absolute atomic E-state index is 0.0195. The van der Waals surface area contributed by atoms with Gasteiger partial charge in [0.15, 0.2) is 11.5 Å². The number of benzene rings is 1. The van der Waals surface area contributed by atoms with Gasteiger partial charge in [0.2, 0.25) is 0 Å². The monoisotopic (exact) mass is 280 g/mol. The molecule has 6 heteroatoms. The van der Waals surface area contributed by atoms with Crippen LogP contribution in [0.5, 0.6) is 11.5 Å². The molecule has 1 heterocycles. The van der Waals surface area contributed by atoms with E-state index in [1.165, 1.54) is 21.3 Å². The highest BCUT2D eigenvalue weighted by molar-refractivity contribution is 5.83. The van der Waals surface area contributed by atoms with Crippen LogP contribution in [0, 0.1) is 5.92 Å². The van der Waals surface area contributed by atoms with Crippen molar-refractivity contribution in [3.05, 3.63) is 23.8 Å². The Kier molecular flexibility index (Phi) is 4.12. The normalized spacial score (nSPS) is 21.2. The first kappa shape index (κ1) is 14.2. The Labute approximate surface area is 116 Å². The van der Waals surface area contributed by atoms with Gasteiger partial charge in [0, 0.05) is 0 Å². The number of carbonyl (C=O) groups is 2. The lowest BCUT2D eigenvalue weighted by atomic mass is 9.95. The zero-order chi connectivity index (χ0) is 14.7. The average molecular weight is 280 g/mol. The van der Waals surface area contributed by atoms with Crippen molar-refractivity contribution in [1.29, 1.82) is 0 Å². The molecule has 1 aromatic carbocycles. The van der Waals surface area contributed by atoms with E-state index in [4.69, 9.17) is 18.9 Å². The van der Waals surface area contributed by atoms with Crippen LogP contribution >= 0.6 is 0 Å². The van der Waals surface area contributed by atoms with Gasteiger partial charge in [-0.2, -0.15) is 0 Å².